The van der Waals surface area contributed by atoms with E-state index in [0.717, 1.165) is 53.2 Å². The second kappa shape index (κ2) is 17.5. The number of carbonyl (C=O) groups excluding carboxylic acids is 2. The van der Waals surface area contributed by atoms with E-state index in [2.05, 4.69) is 74.3 Å². The lowest BCUT2D eigenvalue weighted by atomic mass is 9.96. The highest BCUT2D eigenvalue weighted by Gasteiger charge is 2.27. The van der Waals surface area contributed by atoms with Crippen molar-refractivity contribution in [2.75, 3.05) is 17.2 Å². The predicted molar refractivity (Wildman–Crippen MR) is 192 cm³/mol. The van der Waals surface area contributed by atoms with Crippen molar-refractivity contribution in [3.63, 3.8) is 0 Å². The van der Waals surface area contributed by atoms with Gasteiger partial charge in [-0.25, -0.2) is 0 Å². The van der Waals surface area contributed by atoms with Crippen LogP contribution in [-0.2, 0) is 4.79 Å². The third kappa shape index (κ3) is 9.08. The Morgan fingerprint density at radius 2 is 1.51 bits per heavy atom. The van der Waals surface area contributed by atoms with Gasteiger partial charge >= 0.3 is 0 Å². The van der Waals surface area contributed by atoms with E-state index in [-0.39, 0.29) is 11.8 Å². The Labute approximate surface area is 269 Å². The van der Waals surface area contributed by atoms with Gasteiger partial charge in [-0.15, -0.1) is 0 Å². The monoisotopic (exact) mass is 604 g/mol. The summed E-state index contributed by atoms with van der Waals surface area (Å²) in [5, 5.41) is 9.32. The maximum absolute atomic E-state index is 13.1. The normalized spacial score (nSPS) is 12.2. The van der Waals surface area contributed by atoms with E-state index in [1.54, 1.807) is 18.2 Å². The Hall–Kier alpha value is -4.84. The number of rotatable bonds is 9. The Morgan fingerprint density at radius 3 is 2.13 bits per heavy atom. The molecule has 6 nitrogen and oxygen atoms in total. The third-order valence-corrected chi connectivity index (χ3v) is 6.83. The van der Waals surface area contributed by atoms with Gasteiger partial charge in [-0.05, 0) is 55.3 Å². The molecule has 236 valence electrons. The SMILES string of the molecule is C=C(NCCCC)c1c(C)[nH]c(/C=C2\C(=O)Nc3ccc(C(=O)Nc4ccccc4)cc32)c1-c1ccccc1.CCC.CCC. The van der Waals surface area contributed by atoms with Crippen molar-refractivity contribution in [3.8, 4) is 11.1 Å². The number of hydrogen-bond acceptors (Lipinski definition) is 3. The lowest BCUT2D eigenvalue weighted by Crippen LogP contribution is -2.13. The van der Waals surface area contributed by atoms with Crippen LogP contribution in [0.15, 0.2) is 85.4 Å². The second-order valence-corrected chi connectivity index (χ2v) is 11.0. The molecule has 3 aromatic carbocycles. The molecule has 0 fully saturated rings. The van der Waals surface area contributed by atoms with Gasteiger partial charge in [0.1, 0.15) is 0 Å². The summed E-state index contributed by atoms with van der Waals surface area (Å²) in [6.45, 7) is 17.8. The lowest BCUT2D eigenvalue weighted by Gasteiger charge is -2.13. The minimum atomic E-state index is -0.236. The number of H-pyrrole nitrogens is 1. The van der Waals surface area contributed by atoms with E-state index >= 15 is 0 Å². The average molecular weight is 605 g/mol. The van der Waals surface area contributed by atoms with Gasteiger partial charge < -0.3 is 20.9 Å². The highest BCUT2D eigenvalue weighted by atomic mass is 16.2. The second-order valence-electron chi connectivity index (χ2n) is 11.0. The number of fused-ring (bicyclic) bond motifs is 1. The minimum absolute atomic E-state index is 0.210. The highest BCUT2D eigenvalue weighted by Crippen LogP contribution is 2.39. The first-order chi connectivity index (χ1) is 21.8. The van der Waals surface area contributed by atoms with Crippen molar-refractivity contribution in [3.05, 3.63) is 114 Å². The predicted octanol–water partition coefficient (Wildman–Crippen LogP) is 9.93. The van der Waals surface area contributed by atoms with Crippen LogP contribution >= 0.6 is 0 Å². The molecule has 1 aromatic heterocycles. The number of amides is 2. The fourth-order valence-corrected chi connectivity index (χ4v) is 4.89. The molecule has 0 atom stereocenters. The van der Waals surface area contributed by atoms with Crippen LogP contribution in [0.1, 0.15) is 93.2 Å². The molecule has 6 heteroatoms. The van der Waals surface area contributed by atoms with Crippen LogP contribution in [0.5, 0.6) is 0 Å². The van der Waals surface area contributed by atoms with Crippen LogP contribution in [0.2, 0.25) is 0 Å². The first-order valence-electron chi connectivity index (χ1n) is 16.0. The zero-order chi connectivity index (χ0) is 32.8. The summed E-state index contributed by atoms with van der Waals surface area (Å²) in [5.41, 5.74) is 8.66. The Balaban J connectivity index is 0.000000853. The molecule has 4 aromatic rings. The van der Waals surface area contributed by atoms with Crippen molar-refractivity contribution in [2.45, 2.75) is 67.2 Å². The van der Waals surface area contributed by atoms with Crippen LogP contribution in [0, 0.1) is 6.92 Å². The van der Waals surface area contributed by atoms with E-state index in [0.29, 0.717) is 28.1 Å². The van der Waals surface area contributed by atoms with Gasteiger partial charge in [0.25, 0.3) is 11.8 Å². The molecule has 0 spiro atoms. The van der Waals surface area contributed by atoms with Gasteiger partial charge in [-0.3, -0.25) is 9.59 Å². The fourth-order valence-electron chi connectivity index (χ4n) is 4.89. The van der Waals surface area contributed by atoms with E-state index in [9.17, 15) is 9.59 Å². The quantitative estimate of drug-likeness (QED) is 0.113. The third-order valence-electron chi connectivity index (χ3n) is 6.83. The molecule has 1 aliphatic heterocycles. The molecular weight excluding hydrogens is 556 g/mol. The van der Waals surface area contributed by atoms with Crippen LogP contribution in [-0.4, -0.2) is 23.3 Å². The number of aromatic amines is 1. The van der Waals surface area contributed by atoms with E-state index in [1.165, 1.54) is 12.8 Å². The van der Waals surface area contributed by atoms with Gasteiger partial charge in [0.15, 0.2) is 0 Å². The number of benzene rings is 3. The van der Waals surface area contributed by atoms with E-state index in [4.69, 9.17) is 0 Å². The molecule has 0 radical (unpaired) electrons. The molecule has 5 rings (SSSR count). The molecule has 0 saturated heterocycles. The van der Waals surface area contributed by atoms with Crippen molar-refractivity contribution < 1.29 is 9.59 Å². The maximum Gasteiger partial charge on any atom is 0.256 e. The minimum Gasteiger partial charge on any atom is -0.385 e. The van der Waals surface area contributed by atoms with Gasteiger partial charge in [-0.2, -0.15) is 0 Å². The van der Waals surface area contributed by atoms with E-state index in [1.807, 2.05) is 61.5 Å². The summed E-state index contributed by atoms with van der Waals surface area (Å²) in [4.78, 5) is 29.6. The molecule has 0 saturated carbocycles. The largest absolute Gasteiger partial charge is 0.385 e. The Kier molecular flexibility index (Phi) is 13.4. The number of hydrogen-bond donors (Lipinski definition) is 4. The highest BCUT2D eigenvalue weighted by molar-refractivity contribution is 6.35. The topological polar surface area (TPSA) is 86.0 Å². The molecule has 4 N–H and O–H groups in total. The van der Waals surface area contributed by atoms with Crippen molar-refractivity contribution >= 4 is 40.5 Å². The smallest absolute Gasteiger partial charge is 0.256 e. The molecule has 0 aliphatic carbocycles. The number of anilines is 2. The maximum atomic E-state index is 13.1. The summed E-state index contributed by atoms with van der Waals surface area (Å²) < 4.78 is 0. The first kappa shape index (κ1) is 34.6. The zero-order valence-corrected chi connectivity index (χ0v) is 27.6. The number of unbranched alkanes of at least 4 members (excludes halogenated alkanes) is 1. The van der Waals surface area contributed by atoms with Crippen LogP contribution in [0.25, 0.3) is 28.5 Å². The molecule has 0 unspecified atom stereocenters. The summed E-state index contributed by atoms with van der Waals surface area (Å²) in [6, 6.07) is 24.7. The molecular formula is C39H48N4O2. The molecule has 1 aliphatic rings. The standard InChI is InChI=1S/C33H32N4O2.2C3H8/c1-4-5-18-34-21(2)30-22(3)35-29(31(30)23-12-8-6-9-13-23)20-27-26-19-24(16-17-28(26)37-33(27)39)32(38)36-25-14-10-7-11-15-25;2*1-3-2/h6-17,19-20,34-35H,2,4-5,18H2,1,3H3,(H,36,38)(H,37,39);2*3H2,1-2H3/b27-20-;;. The van der Waals surface area contributed by atoms with E-state index < -0.39 is 0 Å². The summed E-state index contributed by atoms with van der Waals surface area (Å²) in [7, 11) is 0. The first-order valence-corrected chi connectivity index (χ1v) is 16.0. The average Bonchev–Trinajstić information content (AvgIpc) is 3.53. The van der Waals surface area contributed by atoms with Gasteiger partial charge in [0.05, 0.1) is 5.57 Å². The summed E-state index contributed by atoms with van der Waals surface area (Å²) >= 11 is 0. The summed E-state index contributed by atoms with van der Waals surface area (Å²) in [6.07, 6.45) is 6.52. The molecule has 0 bridgehead atoms. The lowest BCUT2D eigenvalue weighted by molar-refractivity contribution is -0.110. The zero-order valence-electron chi connectivity index (χ0n) is 27.6. The van der Waals surface area contributed by atoms with Gasteiger partial charge in [0.2, 0.25) is 0 Å². The van der Waals surface area contributed by atoms with Crippen molar-refractivity contribution in [1.82, 2.24) is 10.3 Å². The van der Waals surface area contributed by atoms with Gasteiger partial charge in [-0.1, -0.05) is 109 Å². The van der Waals surface area contributed by atoms with Crippen LogP contribution in [0.3, 0.4) is 0 Å². The number of nitrogens with one attached hydrogen (secondary N) is 4. The van der Waals surface area contributed by atoms with Crippen LogP contribution in [0.4, 0.5) is 11.4 Å². The number of aryl methyl sites for hydroxylation is 1. The molecule has 45 heavy (non-hydrogen) atoms. The fraction of sp³-hybridized carbons (Fsp3) is 0.282. The number of aromatic nitrogens is 1. The number of para-hydroxylation sites is 1. The number of carbonyl (C=O) groups is 2. The Bertz CT molecular complexity index is 1600. The Morgan fingerprint density at radius 1 is 0.889 bits per heavy atom. The summed E-state index contributed by atoms with van der Waals surface area (Å²) in [5.74, 6) is -0.446. The van der Waals surface area contributed by atoms with Crippen molar-refractivity contribution in [1.29, 1.82) is 0 Å². The molecule has 2 heterocycles. The molecule has 2 amide bonds. The van der Waals surface area contributed by atoms with Crippen molar-refractivity contribution in [2.24, 2.45) is 0 Å². The van der Waals surface area contributed by atoms with Gasteiger partial charge in [0, 0.05) is 57.3 Å². The van der Waals surface area contributed by atoms with Crippen LogP contribution < -0.4 is 16.0 Å².